The SMILES string of the molecule is CCCC1NC(=O)CCN(CCOCC(F)(F)F)C1=O. The van der Waals surface area contributed by atoms with Crippen LogP contribution >= 0.6 is 0 Å². The second kappa shape index (κ2) is 7.47. The van der Waals surface area contributed by atoms with Gasteiger partial charge in [-0.1, -0.05) is 13.3 Å². The van der Waals surface area contributed by atoms with E-state index in [1.807, 2.05) is 6.92 Å². The first-order chi connectivity index (χ1) is 9.33. The van der Waals surface area contributed by atoms with Gasteiger partial charge in [-0.05, 0) is 6.42 Å². The lowest BCUT2D eigenvalue weighted by atomic mass is 10.1. The molecular formula is C12H19F3N2O3. The highest BCUT2D eigenvalue weighted by atomic mass is 19.4. The Morgan fingerprint density at radius 3 is 2.70 bits per heavy atom. The van der Waals surface area contributed by atoms with Gasteiger partial charge < -0.3 is 15.0 Å². The van der Waals surface area contributed by atoms with Crippen LogP contribution in [0.3, 0.4) is 0 Å². The second-order valence-corrected chi connectivity index (χ2v) is 4.65. The molecule has 0 aromatic rings. The average molecular weight is 296 g/mol. The standard InChI is InChI=1S/C12H19F3N2O3/c1-2-3-9-11(19)17(5-4-10(18)16-9)6-7-20-8-12(13,14)15/h9H,2-8H2,1H3,(H,16,18). The fourth-order valence-corrected chi connectivity index (χ4v) is 1.96. The summed E-state index contributed by atoms with van der Waals surface area (Å²) in [5, 5.41) is 2.62. The largest absolute Gasteiger partial charge is 0.411 e. The maximum atomic E-state index is 12.1. The molecule has 0 spiro atoms. The smallest absolute Gasteiger partial charge is 0.370 e. The highest BCUT2D eigenvalue weighted by Gasteiger charge is 2.30. The molecule has 1 aliphatic rings. The summed E-state index contributed by atoms with van der Waals surface area (Å²) < 4.78 is 40.2. The molecule has 20 heavy (non-hydrogen) atoms. The molecule has 0 saturated carbocycles. The number of hydrogen-bond donors (Lipinski definition) is 1. The first-order valence-electron chi connectivity index (χ1n) is 6.56. The zero-order chi connectivity index (χ0) is 15.2. The number of rotatable bonds is 6. The van der Waals surface area contributed by atoms with Crippen LogP contribution in [0.25, 0.3) is 0 Å². The first kappa shape index (κ1) is 16.7. The molecule has 1 fully saturated rings. The Kier molecular flexibility index (Phi) is 6.25. The third kappa shape index (κ3) is 5.77. The van der Waals surface area contributed by atoms with E-state index >= 15 is 0 Å². The normalized spacial score (nSPS) is 20.8. The van der Waals surface area contributed by atoms with Crippen LogP contribution in [0.15, 0.2) is 0 Å². The summed E-state index contributed by atoms with van der Waals surface area (Å²) in [6, 6.07) is -0.586. The zero-order valence-corrected chi connectivity index (χ0v) is 11.3. The Bertz CT molecular complexity index is 347. The maximum absolute atomic E-state index is 12.1. The van der Waals surface area contributed by atoms with Crippen LogP contribution in [0.1, 0.15) is 26.2 Å². The summed E-state index contributed by atoms with van der Waals surface area (Å²) in [6.07, 6.45) is -2.96. The van der Waals surface area contributed by atoms with E-state index in [0.29, 0.717) is 6.42 Å². The van der Waals surface area contributed by atoms with Crippen molar-refractivity contribution >= 4 is 11.8 Å². The minimum absolute atomic E-state index is 0.0596. The Hall–Kier alpha value is -1.31. The number of alkyl halides is 3. The van der Waals surface area contributed by atoms with Crippen LogP contribution in [0.5, 0.6) is 0 Å². The highest BCUT2D eigenvalue weighted by Crippen LogP contribution is 2.14. The molecule has 1 aliphatic heterocycles. The minimum atomic E-state index is -4.37. The molecular weight excluding hydrogens is 277 g/mol. The van der Waals surface area contributed by atoms with E-state index in [9.17, 15) is 22.8 Å². The van der Waals surface area contributed by atoms with E-state index in [1.54, 1.807) is 0 Å². The van der Waals surface area contributed by atoms with Gasteiger partial charge in [-0.15, -0.1) is 0 Å². The minimum Gasteiger partial charge on any atom is -0.370 e. The number of amides is 2. The lowest BCUT2D eigenvalue weighted by molar-refractivity contribution is -0.174. The van der Waals surface area contributed by atoms with Crippen LogP contribution < -0.4 is 5.32 Å². The molecule has 116 valence electrons. The predicted octanol–water partition coefficient (Wildman–Crippen LogP) is 1.08. The molecule has 0 aromatic heterocycles. The van der Waals surface area contributed by atoms with E-state index in [4.69, 9.17) is 0 Å². The molecule has 0 radical (unpaired) electrons. The fourth-order valence-electron chi connectivity index (χ4n) is 1.96. The zero-order valence-electron chi connectivity index (χ0n) is 11.3. The van der Waals surface area contributed by atoms with Crippen molar-refractivity contribution in [1.82, 2.24) is 10.2 Å². The maximum Gasteiger partial charge on any atom is 0.411 e. The van der Waals surface area contributed by atoms with Crippen molar-refractivity contribution in [3.05, 3.63) is 0 Å². The van der Waals surface area contributed by atoms with Gasteiger partial charge in [0.2, 0.25) is 11.8 Å². The van der Waals surface area contributed by atoms with Gasteiger partial charge in [0.05, 0.1) is 6.61 Å². The molecule has 1 heterocycles. The molecule has 2 amide bonds. The van der Waals surface area contributed by atoms with E-state index in [1.165, 1.54) is 4.90 Å². The number of halogens is 3. The van der Waals surface area contributed by atoms with Gasteiger partial charge in [-0.25, -0.2) is 0 Å². The summed E-state index contributed by atoms with van der Waals surface area (Å²) >= 11 is 0. The Morgan fingerprint density at radius 1 is 1.40 bits per heavy atom. The van der Waals surface area contributed by atoms with E-state index in [0.717, 1.165) is 6.42 Å². The summed E-state index contributed by atoms with van der Waals surface area (Å²) in [6.45, 7) is 0.633. The molecule has 0 aromatic carbocycles. The number of nitrogens with one attached hydrogen (secondary N) is 1. The Balaban J connectivity index is 2.46. The monoisotopic (exact) mass is 296 g/mol. The van der Waals surface area contributed by atoms with Crippen molar-refractivity contribution < 1.29 is 27.5 Å². The topological polar surface area (TPSA) is 58.6 Å². The lowest BCUT2D eigenvalue weighted by Crippen LogP contribution is -2.45. The summed E-state index contributed by atoms with van der Waals surface area (Å²) in [5.74, 6) is -0.469. The van der Waals surface area contributed by atoms with Crippen molar-refractivity contribution in [3.63, 3.8) is 0 Å². The van der Waals surface area contributed by atoms with Crippen molar-refractivity contribution in [2.24, 2.45) is 0 Å². The predicted molar refractivity (Wildman–Crippen MR) is 64.9 cm³/mol. The molecule has 1 saturated heterocycles. The molecule has 1 N–H and O–H groups in total. The molecule has 1 atom stereocenters. The van der Waals surface area contributed by atoms with Crippen molar-refractivity contribution in [3.8, 4) is 0 Å². The summed E-state index contributed by atoms with van der Waals surface area (Å²) in [7, 11) is 0. The summed E-state index contributed by atoms with van der Waals surface area (Å²) in [5.41, 5.74) is 0. The Morgan fingerprint density at radius 2 is 2.10 bits per heavy atom. The number of hydrogen-bond acceptors (Lipinski definition) is 3. The number of carbonyl (C=O) groups excluding carboxylic acids is 2. The van der Waals surface area contributed by atoms with Crippen LogP contribution in [-0.4, -0.2) is 55.2 Å². The average Bonchev–Trinajstić information content (AvgIpc) is 2.47. The molecule has 1 rings (SSSR count). The molecule has 8 heteroatoms. The molecule has 0 bridgehead atoms. The van der Waals surface area contributed by atoms with Gasteiger partial charge in [0, 0.05) is 19.5 Å². The quantitative estimate of drug-likeness (QED) is 0.746. The van der Waals surface area contributed by atoms with E-state index < -0.39 is 18.8 Å². The number of ether oxygens (including phenoxy) is 1. The molecule has 5 nitrogen and oxygen atoms in total. The van der Waals surface area contributed by atoms with Crippen LogP contribution in [0, 0.1) is 0 Å². The highest BCUT2D eigenvalue weighted by molar-refractivity contribution is 5.89. The van der Waals surface area contributed by atoms with Crippen LogP contribution in [0.4, 0.5) is 13.2 Å². The molecule has 1 unspecified atom stereocenters. The summed E-state index contributed by atoms with van der Waals surface area (Å²) in [4.78, 5) is 24.9. The van der Waals surface area contributed by atoms with Gasteiger partial charge in [-0.3, -0.25) is 9.59 Å². The van der Waals surface area contributed by atoms with Crippen LogP contribution in [-0.2, 0) is 14.3 Å². The van der Waals surface area contributed by atoms with E-state index in [-0.39, 0.29) is 37.9 Å². The second-order valence-electron chi connectivity index (χ2n) is 4.65. The van der Waals surface area contributed by atoms with Gasteiger partial charge >= 0.3 is 6.18 Å². The lowest BCUT2D eigenvalue weighted by Gasteiger charge is -2.23. The molecule has 0 aliphatic carbocycles. The first-order valence-corrected chi connectivity index (χ1v) is 6.56. The fraction of sp³-hybridized carbons (Fsp3) is 0.833. The van der Waals surface area contributed by atoms with E-state index in [2.05, 4.69) is 10.1 Å². The van der Waals surface area contributed by atoms with Gasteiger partial charge in [-0.2, -0.15) is 13.2 Å². The van der Waals surface area contributed by atoms with Gasteiger partial charge in [0.25, 0.3) is 0 Å². The van der Waals surface area contributed by atoms with Crippen molar-refractivity contribution in [2.45, 2.75) is 38.4 Å². The third-order valence-corrected chi connectivity index (χ3v) is 2.90. The van der Waals surface area contributed by atoms with Gasteiger partial charge in [0.1, 0.15) is 12.6 Å². The number of carbonyl (C=O) groups is 2. The van der Waals surface area contributed by atoms with Crippen molar-refractivity contribution in [1.29, 1.82) is 0 Å². The van der Waals surface area contributed by atoms with Crippen LogP contribution in [0.2, 0.25) is 0 Å². The third-order valence-electron chi connectivity index (χ3n) is 2.90. The number of nitrogens with zero attached hydrogens (tertiary/aromatic N) is 1. The van der Waals surface area contributed by atoms with Crippen molar-refractivity contribution in [2.75, 3.05) is 26.3 Å². The Labute approximate surface area is 115 Å². The van der Waals surface area contributed by atoms with Gasteiger partial charge in [0.15, 0.2) is 0 Å².